The van der Waals surface area contributed by atoms with Gasteiger partial charge in [-0.2, -0.15) is 0 Å². The van der Waals surface area contributed by atoms with Crippen molar-refractivity contribution < 1.29 is 13.9 Å². The Morgan fingerprint density at radius 1 is 1.15 bits per heavy atom. The second-order valence-electron chi connectivity index (χ2n) is 6.49. The highest BCUT2D eigenvalue weighted by Crippen LogP contribution is 2.33. The fourth-order valence-electron chi connectivity index (χ4n) is 3.36. The van der Waals surface area contributed by atoms with E-state index in [9.17, 15) is 4.39 Å². The largest absolute Gasteiger partial charge is 0.376 e. The number of aromatic nitrogens is 2. The van der Waals surface area contributed by atoms with Crippen molar-refractivity contribution in [1.82, 2.24) is 9.55 Å². The lowest BCUT2D eigenvalue weighted by Gasteiger charge is -2.24. The summed E-state index contributed by atoms with van der Waals surface area (Å²) in [6, 6.07) is 14.9. The number of aryl methyl sites for hydroxylation is 1. The van der Waals surface area contributed by atoms with E-state index in [0.29, 0.717) is 26.4 Å². The van der Waals surface area contributed by atoms with Crippen molar-refractivity contribution in [2.75, 3.05) is 19.8 Å². The topological polar surface area (TPSA) is 36.3 Å². The highest BCUT2D eigenvalue weighted by Gasteiger charge is 2.21. The van der Waals surface area contributed by atoms with Crippen LogP contribution in [0.4, 0.5) is 4.39 Å². The van der Waals surface area contributed by atoms with Gasteiger partial charge in [0.25, 0.3) is 0 Å². The van der Waals surface area contributed by atoms with E-state index in [1.54, 1.807) is 6.07 Å². The van der Waals surface area contributed by atoms with Crippen LogP contribution in [-0.4, -0.2) is 35.5 Å². The van der Waals surface area contributed by atoms with Crippen LogP contribution in [0.1, 0.15) is 5.56 Å². The third-order valence-electron chi connectivity index (χ3n) is 4.61. The highest BCUT2D eigenvalue weighted by molar-refractivity contribution is 5.80. The summed E-state index contributed by atoms with van der Waals surface area (Å²) >= 11 is 0. The quantitative estimate of drug-likeness (QED) is 0.710. The van der Waals surface area contributed by atoms with Crippen molar-refractivity contribution in [2.45, 2.75) is 19.6 Å². The Morgan fingerprint density at radius 3 is 2.73 bits per heavy atom. The van der Waals surface area contributed by atoms with Gasteiger partial charge in [-0.05, 0) is 30.7 Å². The maximum absolute atomic E-state index is 13.6. The molecule has 0 saturated carbocycles. The maximum Gasteiger partial charge on any atom is 0.123 e. The van der Waals surface area contributed by atoms with E-state index in [4.69, 9.17) is 9.47 Å². The van der Waals surface area contributed by atoms with Gasteiger partial charge in [0.15, 0.2) is 0 Å². The SMILES string of the molecule is Cc1cc(F)ccc1-c1c(-c2ccccc2)ncn1CC1COCCO1. The van der Waals surface area contributed by atoms with Gasteiger partial charge in [0.05, 0.1) is 50.2 Å². The summed E-state index contributed by atoms with van der Waals surface area (Å²) in [7, 11) is 0. The molecular weight excluding hydrogens is 331 g/mol. The zero-order chi connectivity index (χ0) is 17.9. The molecule has 0 spiro atoms. The molecule has 0 radical (unpaired) electrons. The number of nitrogens with zero attached hydrogens (tertiary/aromatic N) is 2. The van der Waals surface area contributed by atoms with E-state index < -0.39 is 0 Å². The lowest BCUT2D eigenvalue weighted by molar-refractivity contribution is -0.0934. The van der Waals surface area contributed by atoms with Crippen molar-refractivity contribution in [3.8, 4) is 22.5 Å². The number of halogens is 1. The summed E-state index contributed by atoms with van der Waals surface area (Å²) in [6.45, 7) is 4.38. The molecule has 134 valence electrons. The van der Waals surface area contributed by atoms with Crippen molar-refractivity contribution >= 4 is 0 Å². The molecule has 0 bridgehead atoms. The Labute approximate surface area is 152 Å². The minimum Gasteiger partial charge on any atom is -0.376 e. The molecule has 1 atom stereocenters. The molecule has 1 saturated heterocycles. The minimum absolute atomic E-state index is 0.0129. The first-order valence-electron chi connectivity index (χ1n) is 8.79. The standard InChI is InChI=1S/C21H21FN2O2/c1-15-11-17(22)7-8-19(15)21-20(16-5-3-2-4-6-16)23-14-24(21)12-18-13-25-9-10-26-18/h2-8,11,14,18H,9-10,12-13H2,1H3. The lowest BCUT2D eigenvalue weighted by atomic mass is 10.0. The van der Waals surface area contributed by atoms with Crippen molar-refractivity contribution in [1.29, 1.82) is 0 Å². The molecule has 1 aliphatic rings. The molecule has 0 amide bonds. The van der Waals surface area contributed by atoms with Gasteiger partial charge < -0.3 is 14.0 Å². The molecule has 1 aliphatic heterocycles. The predicted octanol–water partition coefficient (Wildman–Crippen LogP) is 4.08. The average molecular weight is 352 g/mol. The number of imidazole rings is 1. The molecule has 26 heavy (non-hydrogen) atoms. The van der Waals surface area contributed by atoms with Gasteiger partial charge >= 0.3 is 0 Å². The zero-order valence-electron chi connectivity index (χ0n) is 14.7. The van der Waals surface area contributed by atoms with Gasteiger partial charge in [-0.25, -0.2) is 9.37 Å². The molecule has 1 aromatic heterocycles. The van der Waals surface area contributed by atoms with E-state index in [0.717, 1.165) is 28.1 Å². The third kappa shape index (κ3) is 3.41. The smallest absolute Gasteiger partial charge is 0.123 e. The van der Waals surface area contributed by atoms with Crippen molar-refractivity contribution in [3.05, 3.63) is 66.2 Å². The van der Waals surface area contributed by atoms with Crippen LogP contribution < -0.4 is 0 Å². The van der Waals surface area contributed by atoms with E-state index in [1.165, 1.54) is 6.07 Å². The number of benzene rings is 2. The Morgan fingerprint density at radius 2 is 2.00 bits per heavy atom. The van der Waals surface area contributed by atoms with E-state index in [-0.39, 0.29) is 11.9 Å². The van der Waals surface area contributed by atoms with Crippen LogP contribution >= 0.6 is 0 Å². The second kappa shape index (κ2) is 7.40. The predicted molar refractivity (Wildman–Crippen MR) is 98.4 cm³/mol. The van der Waals surface area contributed by atoms with Crippen LogP contribution in [0.15, 0.2) is 54.9 Å². The third-order valence-corrected chi connectivity index (χ3v) is 4.61. The van der Waals surface area contributed by atoms with Crippen LogP contribution in [-0.2, 0) is 16.0 Å². The molecule has 3 aromatic rings. The molecule has 0 N–H and O–H groups in total. The first-order valence-corrected chi connectivity index (χ1v) is 8.79. The van der Waals surface area contributed by atoms with Gasteiger partial charge in [-0.3, -0.25) is 0 Å². The zero-order valence-corrected chi connectivity index (χ0v) is 14.7. The van der Waals surface area contributed by atoms with Gasteiger partial charge in [0.2, 0.25) is 0 Å². The molecule has 0 aliphatic carbocycles. The van der Waals surface area contributed by atoms with Crippen LogP contribution in [0.25, 0.3) is 22.5 Å². The molecule has 4 nitrogen and oxygen atoms in total. The van der Waals surface area contributed by atoms with E-state index in [2.05, 4.69) is 9.55 Å². The number of hydrogen-bond donors (Lipinski definition) is 0. The van der Waals surface area contributed by atoms with Crippen LogP contribution in [0.5, 0.6) is 0 Å². The summed E-state index contributed by atoms with van der Waals surface area (Å²) in [5, 5.41) is 0. The molecule has 5 heteroatoms. The number of ether oxygens (including phenoxy) is 2. The van der Waals surface area contributed by atoms with Gasteiger partial charge in [0.1, 0.15) is 5.82 Å². The first-order chi connectivity index (χ1) is 12.7. The van der Waals surface area contributed by atoms with Crippen LogP contribution in [0.2, 0.25) is 0 Å². The first kappa shape index (κ1) is 16.9. The van der Waals surface area contributed by atoms with Gasteiger partial charge in [-0.15, -0.1) is 0 Å². The monoisotopic (exact) mass is 352 g/mol. The lowest BCUT2D eigenvalue weighted by Crippen LogP contribution is -2.32. The Balaban J connectivity index is 1.80. The number of rotatable bonds is 4. The molecule has 2 aromatic carbocycles. The fraction of sp³-hybridized carbons (Fsp3) is 0.286. The Bertz CT molecular complexity index is 886. The highest BCUT2D eigenvalue weighted by atomic mass is 19.1. The summed E-state index contributed by atoms with van der Waals surface area (Å²) in [4.78, 5) is 4.66. The van der Waals surface area contributed by atoms with Gasteiger partial charge in [-0.1, -0.05) is 30.3 Å². The molecule has 1 fully saturated rings. The maximum atomic E-state index is 13.6. The summed E-state index contributed by atoms with van der Waals surface area (Å²) in [5.74, 6) is -0.234. The van der Waals surface area contributed by atoms with Crippen LogP contribution in [0.3, 0.4) is 0 Å². The van der Waals surface area contributed by atoms with Crippen LogP contribution in [0, 0.1) is 12.7 Å². The second-order valence-corrected chi connectivity index (χ2v) is 6.49. The summed E-state index contributed by atoms with van der Waals surface area (Å²) in [6.07, 6.45) is 1.82. The molecule has 4 rings (SSSR count). The van der Waals surface area contributed by atoms with E-state index >= 15 is 0 Å². The van der Waals surface area contributed by atoms with E-state index in [1.807, 2.05) is 49.6 Å². The van der Waals surface area contributed by atoms with Gasteiger partial charge in [0, 0.05) is 11.1 Å². The number of hydrogen-bond acceptors (Lipinski definition) is 3. The Kier molecular flexibility index (Phi) is 4.82. The molecule has 1 unspecified atom stereocenters. The van der Waals surface area contributed by atoms with Crippen molar-refractivity contribution in [3.63, 3.8) is 0 Å². The Hall–Kier alpha value is -2.50. The summed E-state index contributed by atoms with van der Waals surface area (Å²) in [5.41, 5.74) is 4.75. The summed E-state index contributed by atoms with van der Waals surface area (Å²) < 4.78 is 27.0. The molecular formula is C21H21FN2O2. The minimum atomic E-state index is -0.234. The fourth-order valence-corrected chi connectivity index (χ4v) is 3.36. The average Bonchev–Trinajstić information content (AvgIpc) is 3.07. The normalized spacial score (nSPS) is 17.4. The van der Waals surface area contributed by atoms with Crippen molar-refractivity contribution in [2.24, 2.45) is 0 Å². The molecule has 2 heterocycles.